The van der Waals surface area contributed by atoms with Crippen molar-refractivity contribution in [2.75, 3.05) is 33.3 Å². The molecule has 1 saturated heterocycles. The van der Waals surface area contributed by atoms with Crippen molar-refractivity contribution in [1.82, 2.24) is 28.5 Å². The standard InChI is InChI=1S/C26H34N6O4/c1-28-17-27-15-23(28)25(34)31-12-10-30(11-13-31)24(33)19-6-4-18(5-7-19)16-32-22-14-20(36-3)8-9-21(22)29(2)26(32)35/h8-9,14-15,17-19H,4-7,10-13,16H2,1-3H3. The topological polar surface area (TPSA) is 94.6 Å². The number of aromatic nitrogens is 4. The molecule has 192 valence electrons. The van der Waals surface area contributed by atoms with Crippen molar-refractivity contribution in [3.63, 3.8) is 0 Å². The lowest BCUT2D eigenvalue weighted by Crippen LogP contribution is -2.52. The van der Waals surface area contributed by atoms with Gasteiger partial charge in [0.2, 0.25) is 5.91 Å². The predicted octanol–water partition coefficient (Wildman–Crippen LogP) is 1.87. The number of benzene rings is 1. The lowest BCUT2D eigenvalue weighted by Gasteiger charge is -2.38. The number of imidazole rings is 2. The molecule has 2 aromatic heterocycles. The Labute approximate surface area is 210 Å². The molecule has 3 aromatic rings. The fourth-order valence-corrected chi connectivity index (χ4v) is 5.66. The molecule has 1 aliphatic heterocycles. The van der Waals surface area contributed by atoms with E-state index in [1.807, 2.05) is 34.7 Å². The van der Waals surface area contributed by atoms with Gasteiger partial charge in [0.1, 0.15) is 11.4 Å². The molecule has 0 spiro atoms. The van der Waals surface area contributed by atoms with Gasteiger partial charge in [-0.3, -0.25) is 18.7 Å². The van der Waals surface area contributed by atoms with E-state index in [1.165, 1.54) is 0 Å². The summed E-state index contributed by atoms with van der Waals surface area (Å²) < 4.78 is 10.6. The average Bonchev–Trinajstić information content (AvgIpc) is 3.44. The highest BCUT2D eigenvalue weighted by molar-refractivity contribution is 5.92. The molecule has 1 saturated carbocycles. The first-order valence-electron chi connectivity index (χ1n) is 12.6. The summed E-state index contributed by atoms with van der Waals surface area (Å²) in [7, 11) is 5.24. The maximum Gasteiger partial charge on any atom is 0.328 e. The van der Waals surface area contributed by atoms with Crippen LogP contribution in [0.5, 0.6) is 5.75 Å². The number of hydrogen-bond donors (Lipinski definition) is 0. The number of carbonyl (C=O) groups is 2. The van der Waals surface area contributed by atoms with E-state index in [1.54, 1.807) is 40.7 Å². The predicted molar refractivity (Wildman–Crippen MR) is 135 cm³/mol. The summed E-state index contributed by atoms with van der Waals surface area (Å²) in [6, 6.07) is 5.72. The molecular formula is C26H34N6O4. The van der Waals surface area contributed by atoms with Crippen LogP contribution in [0.3, 0.4) is 0 Å². The number of nitrogens with zero attached hydrogens (tertiary/aromatic N) is 6. The van der Waals surface area contributed by atoms with Gasteiger partial charge >= 0.3 is 5.69 Å². The molecule has 10 nitrogen and oxygen atoms in total. The molecule has 0 radical (unpaired) electrons. The van der Waals surface area contributed by atoms with E-state index in [0.29, 0.717) is 44.3 Å². The Morgan fingerprint density at radius 2 is 1.69 bits per heavy atom. The molecule has 5 rings (SSSR count). The van der Waals surface area contributed by atoms with E-state index in [-0.39, 0.29) is 23.4 Å². The molecule has 2 amide bonds. The van der Waals surface area contributed by atoms with E-state index in [0.717, 1.165) is 42.5 Å². The van der Waals surface area contributed by atoms with Gasteiger partial charge in [0, 0.05) is 58.8 Å². The third kappa shape index (κ3) is 4.40. The van der Waals surface area contributed by atoms with E-state index >= 15 is 0 Å². The normalized spacial score (nSPS) is 20.6. The number of carbonyl (C=O) groups excluding carboxylic acids is 2. The zero-order valence-electron chi connectivity index (χ0n) is 21.2. The van der Waals surface area contributed by atoms with Crippen LogP contribution in [0.2, 0.25) is 0 Å². The average molecular weight is 495 g/mol. The van der Waals surface area contributed by atoms with Gasteiger partial charge in [0.25, 0.3) is 5.91 Å². The maximum atomic E-state index is 13.2. The summed E-state index contributed by atoms with van der Waals surface area (Å²) in [5.74, 6) is 1.28. The lowest BCUT2D eigenvalue weighted by atomic mass is 9.81. The molecule has 36 heavy (non-hydrogen) atoms. The molecule has 0 unspecified atom stereocenters. The van der Waals surface area contributed by atoms with Gasteiger partial charge in [-0.15, -0.1) is 0 Å². The number of fused-ring (bicyclic) bond motifs is 1. The quantitative estimate of drug-likeness (QED) is 0.540. The fourth-order valence-electron chi connectivity index (χ4n) is 5.66. The first-order chi connectivity index (χ1) is 17.4. The van der Waals surface area contributed by atoms with Crippen LogP contribution >= 0.6 is 0 Å². The van der Waals surface area contributed by atoms with E-state index in [9.17, 15) is 14.4 Å². The Kier molecular flexibility index (Phi) is 6.59. The number of amides is 2. The fraction of sp³-hybridized carbons (Fsp3) is 0.538. The second-order valence-electron chi connectivity index (χ2n) is 10.0. The van der Waals surface area contributed by atoms with Crippen molar-refractivity contribution in [3.8, 4) is 5.75 Å². The van der Waals surface area contributed by atoms with Gasteiger partial charge in [-0.05, 0) is 43.7 Å². The summed E-state index contributed by atoms with van der Waals surface area (Å²) in [4.78, 5) is 46.6. The van der Waals surface area contributed by atoms with Gasteiger partial charge in [-0.2, -0.15) is 0 Å². The molecule has 0 bridgehead atoms. The van der Waals surface area contributed by atoms with Gasteiger partial charge in [0.15, 0.2) is 0 Å². The molecular weight excluding hydrogens is 460 g/mol. The van der Waals surface area contributed by atoms with Crippen LogP contribution in [0.1, 0.15) is 36.2 Å². The van der Waals surface area contributed by atoms with Crippen LogP contribution < -0.4 is 10.4 Å². The van der Waals surface area contributed by atoms with Gasteiger partial charge in [0.05, 0.1) is 30.7 Å². The minimum atomic E-state index is -0.0381. The molecule has 0 atom stereocenters. The second kappa shape index (κ2) is 9.83. The van der Waals surface area contributed by atoms with E-state index in [4.69, 9.17) is 4.74 Å². The highest BCUT2D eigenvalue weighted by Crippen LogP contribution is 2.32. The number of piperazine rings is 1. The highest BCUT2D eigenvalue weighted by Gasteiger charge is 2.33. The summed E-state index contributed by atoms with van der Waals surface area (Å²) >= 11 is 0. The number of rotatable bonds is 5. The molecule has 2 aliphatic rings. The van der Waals surface area contributed by atoms with Crippen LogP contribution in [0.25, 0.3) is 11.0 Å². The minimum absolute atomic E-state index is 0.0184. The largest absolute Gasteiger partial charge is 0.497 e. The third-order valence-electron chi connectivity index (χ3n) is 7.90. The summed E-state index contributed by atoms with van der Waals surface area (Å²) in [5, 5.41) is 0. The number of hydrogen-bond acceptors (Lipinski definition) is 5. The van der Waals surface area contributed by atoms with Crippen LogP contribution in [-0.2, 0) is 25.4 Å². The second-order valence-corrected chi connectivity index (χ2v) is 10.0. The number of ether oxygens (including phenoxy) is 1. The van der Waals surface area contributed by atoms with Crippen molar-refractivity contribution in [2.45, 2.75) is 32.2 Å². The van der Waals surface area contributed by atoms with Gasteiger partial charge in [-0.25, -0.2) is 9.78 Å². The molecule has 3 heterocycles. The van der Waals surface area contributed by atoms with Crippen molar-refractivity contribution in [2.24, 2.45) is 25.9 Å². The van der Waals surface area contributed by atoms with Crippen molar-refractivity contribution in [1.29, 1.82) is 0 Å². The van der Waals surface area contributed by atoms with Gasteiger partial charge < -0.3 is 19.1 Å². The molecule has 10 heteroatoms. The Hall–Kier alpha value is -3.56. The van der Waals surface area contributed by atoms with E-state index in [2.05, 4.69) is 4.98 Å². The zero-order chi connectivity index (χ0) is 25.4. The van der Waals surface area contributed by atoms with Crippen LogP contribution in [-0.4, -0.2) is 73.6 Å². The highest BCUT2D eigenvalue weighted by atomic mass is 16.5. The molecule has 1 aromatic carbocycles. The van der Waals surface area contributed by atoms with Crippen LogP contribution in [0, 0.1) is 11.8 Å². The Morgan fingerprint density at radius 1 is 1.00 bits per heavy atom. The SMILES string of the molecule is COc1ccc2c(c1)n(CC1CCC(C(=O)N3CCN(C(=O)c4cncn4C)CC3)CC1)c(=O)n2C. The molecule has 1 aliphatic carbocycles. The minimum Gasteiger partial charge on any atom is -0.497 e. The van der Waals surface area contributed by atoms with Crippen molar-refractivity contribution >= 4 is 22.8 Å². The summed E-state index contributed by atoms with van der Waals surface area (Å²) in [6.07, 6.45) is 6.71. The Morgan fingerprint density at radius 3 is 2.33 bits per heavy atom. The zero-order valence-corrected chi connectivity index (χ0v) is 21.2. The van der Waals surface area contributed by atoms with Crippen LogP contribution in [0.15, 0.2) is 35.5 Å². The number of aryl methyl sites for hydroxylation is 2. The van der Waals surface area contributed by atoms with Gasteiger partial charge in [-0.1, -0.05) is 0 Å². The molecule has 2 fully saturated rings. The first-order valence-corrected chi connectivity index (χ1v) is 12.6. The van der Waals surface area contributed by atoms with E-state index < -0.39 is 0 Å². The summed E-state index contributed by atoms with van der Waals surface area (Å²) in [6.45, 7) is 2.86. The van der Waals surface area contributed by atoms with Crippen molar-refractivity contribution < 1.29 is 14.3 Å². The Bertz CT molecular complexity index is 1320. The lowest BCUT2D eigenvalue weighted by molar-refractivity contribution is -0.138. The number of methoxy groups -OCH3 is 1. The smallest absolute Gasteiger partial charge is 0.328 e. The Balaban J connectivity index is 1.16. The van der Waals surface area contributed by atoms with Crippen LogP contribution in [0.4, 0.5) is 0 Å². The monoisotopic (exact) mass is 494 g/mol. The van der Waals surface area contributed by atoms with Crippen molar-refractivity contribution in [3.05, 3.63) is 46.9 Å². The maximum absolute atomic E-state index is 13.2. The summed E-state index contributed by atoms with van der Waals surface area (Å²) in [5.41, 5.74) is 2.33. The first kappa shape index (κ1) is 24.1. The molecule has 0 N–H and O–H groups in total. The third-order valence-corrected chi connectivity index (χ3v) is 7.90.